The minimum absolute atomic E-state index is 0.103. The fraction of sp³-hybridized carbons (Fsp3) is 0.500. The van der Waals surface area contributed by atoms with Gasteiger partial charge in [-0.3, -0.25) is 19.8 Å². The van der Waals surface area contributed by atoms with Crippen LogP contribution in [-0.2, 0) is 22.6 Å². The molecular weight excluding hydrogens is 266 g/mol. The van der Waals surface area contributed by atoms with Gasteiger partial charge in [-0.05, 0) is 20.3 Å². The van der Waals surface area contributed by atoms with E-state index in [1.54, 1.807) is 6.20 Å². The van der Waals surface area contributed by atoms with Crippen molar-refractivity contribution in [1.82, 2.24) is 15.2 Å². The molecule has 1 aliphatic rings. The number of nitrogens with one attached hydrogen (secondary N) is 1. The third-order valence-corrected chi connectivity index (χ3v) is 4.18. The van der Waals surface area contributed by atoms with Crippen molar-refractivity contribution in [1.29, 1.82) is 0 Å². The number of amides is 4. The summed E-state index contributed by atoms with van der Waals surface area (Å²) < 4.78 is 0. The molecule has 0 radical (unpaired) electrons. The van der Waals surface area contributed by atoms with E-state index in [-0.39, 0.29) is 6.54 Å². The number of aryl methyl sites for hydroxylation is 1. The molecule has 0 aliphatic carbocycles. The van der Waals surface area contributed by atoms with Crippen LogP contribution in [0.1, 0.15) is 30.7 Å². The second-order valence-corrected chi connectivity index (χ2v) is 6.05. The van der Waals surface area contributed by atoms with Gasteiger partial charge in [0.2, 0.25) is 11.8 Å². The monoisotopic (exact) mass is 281 g/mol. The van der Waals surface area contributed by atoms with Gasteiger partial charge in [-0.25, -0.2) is 9.78 Å². The molecule has 0 aromatic carbocycles. The summed E-state index contributed by atoms with van der Waals surface area (Å²) in [4.78, 5) is 41.8. The van der Waals surface area contributed by atoms with E-state index in [0.29, 0.717) is 5.01 Å². The second kappa shape index (κ2) is 4.73. The maximum absolute atomic E-state index is 12.2. The first-order valence-electron chi connectivity index (χ1n) is 5.97. The zero-order chi connectivity index (χ0) is 14.2. The lowest BCUT2D eigenvalue weighted by atomic mass is 9.89. The predicted molar refractivity (Wildman–Crippen MR) is 69.4 cm³/mol. The molecule has 0 atom stereocenters. The summed E-state index contributed by atoms with van der Waals surface area (Å²) in [6, 6.07) is -0.678. The third-order valence-electron chi connectivity index (χ3n) is 3.06. The Hall–Kier alpha value is -1.76. The molecule has 0 spiro atoms. The maximum Gasteiger partial charge on any atom is 0.331 e. The highest BCUT2D eigenvalue weighted by Gasteiger charge is 2.47. The van der Waals surface area contributed by atoms with E-state index in [9.17, 15) is 14.4 Å². The van der Waals surface area contributed by atoms with Crippen LogP contribution in [0.4, 0.5) is 4.79 Å². The van der Waals surface area contributed by atoms with Crippen LogP contribution in [-0.4, -0.2) is 27.7 Å². The average Bonchev–Trinajstić information content (AvgIpc) is 2.81. The summed E-state index contributed by atoms with van der Waals surface area (Å²) in [5.74, 6) is -1.05. The van der Waals surface area contributed by atoms with Gasteiger partial charge in [0.1, 0.15) is 10.4 Å². The summed E-state index contributed by atoms with van der Waals surface area (Å²) in [6.45, 7) is 5.12. The van der Waals surface area contributed by atoms with Crippen molar-refractivity contribution < 1.29 is 14.4 Å². The molecule has 19 heavy (non-hydrogen) atoms. The minimum Gasteiger partial charge on any atom is -0.277 e. The minimum atomic E-state index is -1.22. The Labute approximate surface area is 114 Å². The van der Waals surface area contributed by atoms with Crippen LogP contribution in [0.25, 0.3) is 0 Å². The number of imide groups is 2. The third kappa shape index (κ3) is 2.37. The Morgan fingerprint density at radius 3 is 2.63 bits per heavy atom. The predicted octanol–water partition coefficient (Wildman–Crippen LogP) is 1.31. The summed E-state index contributed by atoms with van der Waals surface area (Å²) in [7, 11) is 0. The summed E-state index contributed by atoms with van der Waals surface area (Å²) >= 11 is 1.46. The molecule has 1 N–H and O–H groups in total. The normalized spacial score (nSPS) is 18.7. The first-order valence-corrected chi connectivity index (χ1v) is 6.79. The Bertz CT molecular complexity index is 550. The van der Waals surface area contributed by atoms with Gasteiger partial charge in [-0.1, -0.05) is 6.92 Å². The second-order valence-electron chi connectivity index (χ2n) is 4.85. The zero-order valence-electron chi connectivity index (χ0n) is 11.0. The average molecular weight is 281 g/mol. The standard InChI is InChI=1S/C12H15N3O3S/c1-4-7-5-13-8(19-7)6-15-10(17)12(2,3)9(16)14-11(15)18/h5H,4,6H2,1-3H3,(H,14,16,18). The van der Waals surface area contributed by atoms with Gasteiger partial charge < -0.3 is 0 Å². The summed E-state index contributed by atoms with van der Waals surface area (Å²) in [6.07, 6.45) is 2.60. The highest BCUT2D eigenvalue weighted by Crippen LogP contribution is 2.25. The van der Waals surface area contributed by atoms with Crippen LogP contribution in [0.3, 0.4) is 0 Å². The van der Waals surface area contributed by atoms with Crippen molar-refractivity contribution in [2.24, 2.45) is 5.41 Å². The lowest BCUT2D eigenvalue weighted by Crippen LogP contribution is -2.61. The molecular formula is C12H15N3O3S. The van der Waals surface area contributed by atoms with E-state index in [1.165, 1.54) is 25.2 Å². The molecule has 1 aromatic heterocycles. The van der Waals surface area contributed by atoms with Crippen molar-refractivity contribution in [3.05, 3.63) is 16.1 Å². The first-order chi connectivity index (χ1) is 8.86. The number of hydrogen-bond donors (Lipinski definition) is 1. The van der Waals surface area contributed by atoms with Crippen molar-refractivity contribution in [2.75, 3.05) is 0 Å². The van der Waals surface area contributed by atoms with Gasteiger partial charge in [0, 0.05) is 11.1 Å². The van der Waals surface area contributed by atoms with Gasteiger partial charge in [-0.15, -0.1) is 11.3 Å². The fourth-order valence-electron chi connectivity index (χ4n) is 1.71. The van der Waals surface area contributed by atoms with Crippen LogP contribution < -0.4 is 5.32 Å². The number of urea groups is 1. The molecule has 102 valence electrons. The molecule has 1 aromatic rings. The van der Waals surface area contributed by atoms with E-state index in [2.05, 4.69) is 10.3 Å². The van der Waals surface area contributed by atoms with Crippen LogP contribution in [0.15, 0.2) is 6.20 Å². The van der Waals surface area contributed by atoms with Crippen LogP contribution in [0.5, 0.6) is 0 Å². The number of thiazole rings is 1. The van der Waals surface area contributed by atoms with Crippen molar-refractivity contribution in [3.8, 4) is 0 Å². The van der Waals surface area contributed by atoms with E-state index in [4.69, 9.17) is 0 Å². The zero-order valence-corrected chi connectivity index (χ0v) is 11.8. The quantitative estimate of drug-likeness (QED) is 0.847. The number of carbonyl (C=O) groups is 3. The topological polar surface area (TPSA) is 79.4 Å². The number of hydrogen-bond acceptors (Lipinski definition) is 5. The number of rotatable bonds is 3. The van der Waals surface area contributed by atoms with E-state index in [1.807, 2.05) is 6.92 Å². The molecule has 1 saturated heterocycles. The van der Waals surface area contributed by atoms with Gasteiger partial charge >= 0.3 is 6.03 Å². The highest BCUT2D eigenvalue weighted by atomic mass is 32.1. The number of nitrogens with zero attached hydrogens (tertiary/aromatic N) is 2. The molecule has 0 bridgehead atoms. The van der Waals surface area contributed by atoms with Crippen LogP contribution in [0, 0.1) is 5.41 Å². The van der Waals surface area contributed by atoms with E-state index >= 15 is 0 Å². The molecule has 2 rings (SSSR count). The molecule has 6 nitrogen and oxygen atoms in total. The highest BCUT2D eigenvalue weighted by molar-refractivity contribution is 7.11. The van der Waals surface area contributed by atoms with Crippen molar-refractivity contribution >= 4 is 29.2 Å². The molecule has 1 aliphatic heterocycles. The van der Waals surface area contributed by atoms with Crippen molar-refractivity contribution in [2.45, 2.75) is 33.7 Å². The van der Waals surface area contributed by atoms with Gasteiger partial charge in [-0.2, -0.15) is 0 Å². The number of carbonyl (C=O) groups excluding carboxylic acids is 3. The van der Waals surface area contributed by atoms with Gasteiger partial charge in [0.15, 0.2) is 0 Å². The summed E-state index contributed by atoms with van der Waals surface area (Å²) in [5.41, 5.74) is -1.22. The largest absolute Gasteiger partial charge is 0.331 e. The first kappa shape index (κ1) is 13.7. The van der Waals surface area contributed by atoms with E-state index in [0.717, 1.165) is 16.2 Å². The molecule has 7 heteroatoms. The van der Waals surface area contributed by atoms with E-state index < -0.39 is 23.3 Å². The Morgan fingerprint density at radius 2 is 2.05 bits per heavy atom. The molecule has 4 amide bonds. The van der Waals surface area contributed by atoms with Crippen LogP contribution >= 0.6 is 11.3 Å². The molecule has 1 fully saturated rings. The SMILES string of the molecule is CCc1cnc(CN2C(=O)NC(=O)C(C)(C)C2=O)s1. The van der Waals surface area contributed by atoms with Crippen LogP contribution in [0.2, 0.25) is 0 Å². The number of barbiturate groups is 1. The van der Waals surface area contributed by atoms with Gasteiger partial charge in [0.25, 0.3) is 0 Å². The maximum atomic E-state index is 12.2. The van der Waals surface area contributed by atoms with Crippen molar-refractivity contribution in [3.63, 3.8) is 0 Å². The molecule has 2 heterocycles. The Morgan fingerprint density at radius 1 is 1.37 bits per heavy atom. The summed E-state index contributed by atoms with van der Waals surface area (Å²) in [5, 5.41) is 2.88. The Balaban J connectivity index is 2.21. The molecule has 0 unspecified atom stereocenters. The smallest absolute Gasteiger partial charge is 0.277 e. The van der Waals surface area contributed by atoms with Gasteiger partial charge in [0.05, 0.1) is 6.54 Å². The lowest BCUT2D eigenvalue weighted by Gasteiger charge is -2.34. The lowest BCUT2D eigenvalue weighted by molar-refractivity contribution is -0.149. The fourth-order valence-corrected chi connectivity index (χ4v) is 2.56. The Kier molecular flexibility index (Phi) is 3.40. The number of aromatic nitrogens is 1. The molecule has 0 saturated carbocycles.